The highest BCUT2D eigenvalue weighted by Crippen LogP contribution is 2.17. The van der Waals surface area contributed by atoms with Crippen LogP contribution in [0.25, 0.3) is 6.08 Å². The minimum Gasteiger partial charge on any atom is -0.223 e. The van der Waals surface area contributed by atoms with Crippen molar-refractivity contribution in [2.45, 2.75) is 17.1 Å². The van der Waals surface area contributed by atoms with Crippen LogP contribution in [0.3, 0.4) is 0 Å². The Labute approximate surface area is 114 Å². The molecule has 2 aromatic carbocycles. The molecule has 19 heavy (non-hydrogen) atoms. The van der Waals surface area contributed by atoms with E-state index in [2.05, 4.69) is 0 Å². The summed E-state index contributed by atoms with van der Waals surface area (Å²) >= 11 is 0. The molecule has 0 aliphatic carbocycles. The smallest absolute Gasteiger partial charge is 0.184 e. The normalized spacial score (nSPS) is 13.5. The second-order valence-corrected chi connectivity index (χ2v) is 6.64. The molecular weight excluding hydrogens is 256 g/mol. The largest absolute Gasteiger partial charge is 0.223 e. The van der Waals surface area contributed by atoms with Crippen LogP contribution in [-0.4, -0.2) is 13.7 Å². The van der Waals surface area contributed by atoms with E-state index in [0.29, 0.717) is 4.90 Å². The number of rotatable bonds is 4. The Morgan fingerprint density at radius 1 is 0.895 bits per heavy atom. The van der Waals surface area contributed by atoms with Gasteiger partial charge < -0.3 is 0 Å². The molecule has 0 aliphatic heterocycles. The van der Waals surface area contributed by atoms with Crippen molar-refractivity contribution >= 4 is 15.9 Å². The van der Waals surface area contributed by atoms with E-state index >= 15 is 0 Å². The Kier molecular flexibility index (Phi) is 4.17. The fourth-order valence-electron chi connectivity index (χ4n) is 1.74. The monoisotopic (exact) mass is 272 g/mol. The lowest BCUT2D eigenvalue weighted by molar-refractivity contribution is 0.591. The average Bonchev–Trinajstić information content (AvgIpc) is 2.46. The molecule has 0 fully saturated rings. The van der Waals surface area contributed by atoms with E-state index in [9.17, 15) is 8.42 Å². The van der Waals surface area contributed by atoms with E-state index < -0.39 is 15.1 Å². The highest BCUT2D eigenvalue weighted by atomic mass is 32.2. The van der Waals surface area contributed by atoms with E-state index in [-0.39, 0.29) is 0 Å². The summed E-state index contributed by atoms with van der Waals surface area (Å²) in [6, 6.07) is 18.2. The zero-order valence-corrected chi connectivity index (χ0v) is 11.5. The molecular formula is C16H16O2S. The van der Waals surface area contributed by atoms with Crippen LogP contribution in [0.15, 0.2) is 71.6 Å². The van der Waals surface area contributed by atoms with Crippen LogP contribution in [-0.2, 0) is 9.84 Å². The third-order valence-electron chi connectivity index (χ3n) is 2.92. The first-order valence-electron chi connectivity index (χ1n) is 6.13. The van der Waals surface area contributed by atoms with Gasteiger partial charge in [0.2, 0.25) is 0 Å². The predicted molar refractivity (Wildman–Crippen MR) is 78.6 cm³/mol. The van der Waals surface area contributed by atoms with Gasteiger partial charge in [-0.15, -0.1) is 0 Å². The van der Waals surface area contributed by atoms with Crippen LogP contribution in [0.2, 0.25) is 0 Å². The van der Waals surface area contributed by atoms with E-state index in [0.717, 1.165) is 5.56 Å². The number of benzene rings is 2. The molecule has 2 nitrogen and oxygen atoms in total. The van der Waals surface area contributed by atoms with Crippen molar-refractivity contribution in [2.75, 3.05) is 0 Å². The standard InChI is InChI=1S/C16H16O2S/c1-14(12-13-15-8-4-2-5-9-15)19(17,18)16-10-6-3-7-11-16/h2-14H,1H3/b13-12+/t14-/m1/s1. The number of sulfone groups is 1. The maximum absolute atomic E-state index is 12.3. The third-order valence-corrected chi connectivity index (χ3v) is 4.99. The fourth-order valence-corrected chi connectivity index (χ4v) is 2.99. The molecule has 3 heteroatoms. The van der Waals surface area contributed by atoms with E-state index in [1.165, 1.54) is 0 Å². The first-order chi connectivity index (χ1) is 9.10. The van der Waals surface area contributed by atoms with Gasteiger partial charge in [-0.05, 0) is 24.6 Å². The van der Waals surface area contributed by atoms with Gasteiger partial charge in [0, 0.05) is 0 Å². The SMILES string of the molecule is C[C@H](/C=C/c1ccccc1)S(=O)(=O)c1ccccc1. The maximum Gasteiger partial charge on any atom is 0.184 e. The van der Waals surface area contributed by atoms with Crippen LogP contribution in [0.4, 0.5) is 0 Å². The van der Waals surface area contributed by atoms with Gasteiger partial charge in [-0.1, -0.05) is 60.7 Å². The lowest BCUT2D eigenvalue weighted by Crippen LogP contribution is -2.15. The fraction of sp³-hybridized carbons (Fsp3) is 0.125. The van der Waals surface area contributed by atoms with Gasteiger partial charge >= 0.3 is 0 Å². The molecule has 98 valence electrons. The van der Waals surface area contributed by atoms with E-state index in [4.69, 9.17) is 0 Å². The lowest BCUT2D eigenvalue weighted by Gasteiger charge is -2.08. The molecule has 0 radical (unpaired) electrons. The highest BCUT2D eigenvalue weighted by Gasteiger charge is 2.20. The predicted octanol–water partition coefficient (Wildman–Crippen LogP) is 3.56. The first kappa shape index (κ1) is 13.6. The summed E-state index contributed by atoms with van der Waals surface area (Å²) in [4.78, 5) is 0.361. The van der Waals surface area contributed by atoms with E-state index in [1.54, 1.807) is 37.3 Å². The van der Waals surface area contributed by atoms with Gasteiger partial charge in [-0.3, -0.25) is 0 Å². The van der Waals surface area contributed by atoms with Crippen molar-refractivity contribution in [1.29, 1.82) is 0 Å². The Morgan fingerprint density at radius 2 is 1.42 bits per heavy atom. The molecule has 0 spiro atoms. The number of hydrogen-bond donors (Lipinski definition) is 0. The average molecular weight is 272 g/mol. The van der Waals surface area contributed by atoms with Crippen LogP contribution in [0, 0.1) is 0 Å². The molecule has 2 rings (SSSR count). The van der Waals surface area contributed by atoms with Crippen molar-refractivity contribution in [3.05, 3.63) is 72.3 Å². The molecule has 0 aliphatic rings. The first-order valence-corrected chi connectivity index (χ1v) is 7.67. The van der Waals surface area contributed by atoms with Crippen molar-refractivity contribution in [3.8, 4) is 0 Å². The van der Waals surface area contributed by atoms with Gasteiger partial charge in [0.1, 0.15) is 0 Å². The maximum atomic E-state index is 12.3. The van der Waals surface area contributed by atoms with E-state index in [1.807, 2.05) is 42.5 Å². The van der Waals surface area contributed by atoms with Gasteiger partial charge in [0.15, 0.2) is 9.84 Å². The summed E-state index contributed by atoms with van der Waals surface area (Å²) in [5, 5.41) is -0.546. The zero-order valence-electron chi connectivity index (χ0n) is 10.7. The number of hydrogen-bond acceptors (Lipinski definition) is 2. The van der Waals surface area contributed by atoms with Crippen molar-refractivity contribution < 1.29 is 8.42 Å². The van der Waals surface area contributed by atoms with Crippen molar-refractivity contribution in [3.63, 3.8) is 0 Å². The molecule has 0 N–H and O–H groups in total. The van der Waals surface area contributed by atoms with Gasteiger partial charge in [0.25, 0.3) is 0 Å². The van der Waals surface area contributed by atoms with Crippen LogP contribution in [0.5, 0.6) is 0 Å². The summed E-state index contributed by atoms with van der Waals surface area (Å²) in [5.74, 6) is 0. The Balaban J connectivity index is 2.21. The molecule has 0 unspecified atom stereocenters. The molecule has 1 atom stereocenters. The van der Waals surface area contributed by atoms with Gasteiger partial charge in [0.05, 0.1) is 10.1 Å². The Hall–Kier alpha value is -1.87. The molecule has 2 aromatic rings. The second kappa shape index (κ2) is 5.85. The van der Waals surface area contributed by atoms with Gasteiger partial charge in [-0.2, -0.15) is 0 Å². The summed E-state index contributed by atoms with van der Waals surface area (Å²) in [7, 11) is -3.30. The Bertz CT molecular complexity index is 644. The van der Waals surface area contributed by atoms with Crippen LogP contribution >= 0.6 is 0 Å². The lowest BCUT2D eigenvalue weighted by atomic mass is 10.2. The Morgan fingerprint density at radius 3 is 2.00 bits per heavy atom. The molecule has 0 saturated heterocycles. The van der Waals surface area contributed by atoms with Crippen LogP contribution in [0.1, 0.15) is 12.5 Å². The van der Waals surface area contributed by atoms with Crippen molar-refractivity contribution in [2.24, 2.45) is 0 Å². The van der Waals surface area contributed by atoms with Crippen molar-refractivity contribution in [1.82, 2.24) is 0 Å². The second-order valence-electron chi connectivity index (χ2n) is 4.33. The summed E-state index contributed by atoms with van der Waals surface area (Å²) in [6.07, 6.45) is 3.56. The summed E-state index contributed by atoms with van der Waals surface area (Å²) in [6.45, 7) is 1.70. The van der Waals surface area contributed by atoms with Crippen LogP contribution < -0.4 is 0 Å². The molecule has 0 amide bonds. The summed E-state index contributed by atoms with van der Waals surface area (Å²) in [5.41, 5.74) is 0.998. The molecule has 0 bridgehead atoms. The summed E-state index contributed by atoms with van der Waals surface area (Å²) < 4.78 is 24.6. The molecule has 0 saturated carbocycles. The minimum atomic E-state index is -3.30. The topological polar surface area (TPSA) is 34.1 Å². The van der Waals surface area contributed by atoms with Gasteiger partial charge in [-0.25, -0.2) is 8.42 Å². The highest BCUT2D eigenvalue weighted by molar-refractivity contribution is 7.92. The zero-order chi connectivity index (χ0) is 13.7. The molecule has 0 aromatic heterocycles. The minimum absolute atomic E-state index is 0.361. The quantitative estimate of drug-likeness (QED) is 0.852. The third kappa shape index (κ3) is 3.32. The molecule has 0 heterocycles.